The van der Waals surface area contributed by atoms with Crippen molar-refractivity contribution in [2.75, 3.05) is 13.2 Å². The zero-order valence-corrected chi connectivity index (χ0v) is 14.6. The monoisotopic (exact) mass is 325 g/mol. The summed E-state index contributed by atoms with van der Waals surface area (Å²) in [5, 5.41) is 12.2. The number of allylic oxidation sites excluding steroid dienone is 1. The number of nitrogens with one attached hydrogen (secondary N) is 1. The second-order valence-corrected chi connectivity index (χ2v) is 6.92. The predicted molar refractivity (Wildman–Crippen MR) is 88.5 cm³/mol. The van der Waals surface area contributed by atoms with Crippen LogP contribution in [0.15, 0.2) is 11.8 Å². The van der Waals surface area contributed by atoms with Crippen LogP contribution in [0.25, 0.3) is 0 Å². The van der Waals surface area contributed by atoms with E-state index in [-0.39, 0.29) is 24.3 Å². The van der Waals surface area contributed by atoms with Crippen LogP contribution in [0.2, 0.25) is 0 Å². The van der Waals surface area contributed by atoms with Crippen LogP contribution in [0.1, 0.15) is 52.9 Å². The summed E-state index contributed by atoms with van der Waals surface area (Å²) in [6, 6.07) is 0.294. The minimum atomic E-state index is -0.411. The smallest absolute Gasteiger partial charge is 0.286 e. The summed E-state index contributed by atoms with van der Waals surface area (Å²) in [5.41, 5.74) is 0. The number of aliphatic hydroxyl groups is 1. The van der Waals surface area contributed by atoms with Gasteiger partial charge in [-0.2, -0.15) is 0 Å². The van der Waals surface area contributed by atoms with E-state index in [1.54, 1.807) is 0 Å². The van der Waals surface area contributed by atoms with Gasteiger partial charge in [-0.15, -0.1) is 0 Å². The molecule has 5 nitrogen and oxygen atoms in total. The largest absolute Gasteiger partial charge is 0.459 e. The van der Waals surface area contributed by atoms with Crippen LogP contribution in [0.5, 0.6) is 0 Å². The molecule has 132 valence electrons. The molecule has 1 aliphatic carbocycles. The van der Waals surface area contributed by atoms with Gasteiger partial charge in [-0.1, -0.05) is 13.8 Å². The Balaban J connectivity index is 2.13. The summed E-state index contributed by atoms with van der Waals surface area (Å²) >= 11 is 0. The highest BCUT2D eigenvalue weighted by atomic mass is 16.7. The third-order valence-electron chi connectivity index (χ3n) is 4.89. The summed E-state index contributed by atoms with van der Waals surface area (Å²) in [7, 11) is 0. The fourth-order valence-electron chi connectivity index (χ4n) is 3.33. The lowest BCUT2D eigenvalue weighted by atomic mass is 9.78. The van der Waals surface area contributed by atoms with Gasteiger partial charge in [0.1, 0.15) is 0 Å². The molecule has 1 amide bonds. The maximum Gasteiger partial charge on any atom is 0.286 e. The molecule has 1 heterocycles. The highest BCUT2D eigenvalue weighted by molar-refractivity contribution is 5.91. The first-order chi connectivity index (χ1) is 11.1. The van der Waals surface area contributed by atoms with E-state index in [1.165, 1.54) is 6.42 Å². The quantitative estimate of drug-likeness (QED) is 0.720. The Morgan fingerprint density at radius 1 is 1.48 bits per heavy atom. The van der Waals surface area contributed by atoms with Crippen molar-refractivity contribution >= 4 is 5.91 Å². The van der Waals surface area contributed by atoms with E-state index in [1.807, 2.05) is 13.0 Å². The fourth-order valence-corrected chi connectivity index (χ4v) is 3.33. The molecular weight excluding hydrogens is 294 g/mol. The molecule has 0 aromatic rings. The molecule has 0 spiro atoms. The van der Waals surface area contributed by atoms with Crippen LogP contribution < -0.4 is 5.32 Å². The predicted octanol–water partition coefficient (Wildman–Crippen LogP) is 2.59. The first kappa shape index (κ1) is 18.3. The van der Waals surface area contributed by atoms with Crippen molar-refractivity contribution in [3.63, 3.8) is 0 Å². The van der Waals surface area contributed by atoms with Gasteiger partial charge in [0, 0.05) is 25.2 Å². The van der Waals surface area contributed by atoms with Crippen LogP contribution >= 0.6 is 0 Å². The summed E-state index contributed by atoms with van der Waals surface area (Å²) in [6.07, 6.45) is 6.41. The van der Waals surface area contributed by atoms with Crippen LogP contribution in [-0.4, -0.2) is 36.6 Å². The Bertz CT molecular complexity index is 417. The normalized spacial score (nSPS) is 28.0. The second kappa shape index (κ2) is 8.69. The molecule has 2 N–H and O–H groups in total. The van der Waals surface area contributed by atoms with Crippen LogP contribution in [0, 0.1) is 17.8 Å². The molecule has 2 rings (SSSR count). The SMILES string of the molecule is CCO[C@H]1OC(C(=O)NC2CCC2)=C[C@@H](C(C)C)[C@H]1CCCO. The number of amides is 1. The van der Waals surface area contributed by atoms with Crippen molar-refractivity contribution < 1.29 is 19.4 Å². The van der Waals surface area contributed by atoms with Crippen LogP contribution in [0.3, 0.4) is 0 Å². The Kier molecular flexibility index (Phi) is 6.90. The Labute approximate surface area is 139 Å². The van der Waals surface area contributed by atoms with Gasteiger partial charge in [0.15, 0.2) is 5.76 Å². The molecular formula is C18H31NO4. The van der Waals surface area contributed by atoms with Gasteiger partial charge in [-0.3, -0.25) is 4.79 Å². The Morgan fingerprint density at radius 2 is 2.22 bits per heavy atom. The van der Waals surface area contributed by atoms with E-state index in [0.29, 0.717) is 24.3 Å². The van der Waals surface area contributed by atoms with E-state index >= 15 is 0 Å². The summed E-state index contributed by atoms with van der Waals surface area (Å²) in [4.78, 5) is 12.4. The highest BCUT2D eigenvalue weighted by Crippen LogP contribution is 2.37. The molecule has 3 atom stereocenters. The van der Waals surface area contributed by atoms with E-state index in [0.717, 1.165) is 25.7 Å². The molecule has 1 saturated carbocycles. The Hall–Kier alpha value is -1.07. The van der Waals surface area contributed by atoms with Crippen molar-refractivity contribution in [1.29, 1.82) is 0 Å². The van der Waals surface area contributed by atoms with Crippen LogP contribution in [0.4, 0.5) is 0 Å². The molecule has 2 aliphatic rings. The number of carbonyl (C=O) groups excluding carboxylic acids is 1. The standard InChI is InChI=1S/C18H31NO4/c1-4-22-18-14(9-6-10-20)15(12(2)3)11-16(23-18)17(21)19-13-7-5-8-13/h11-15,18,20H,4-10H2,1-3H3,(H,19,21)/t14-,15+,18+/m1/s1. The third-order valence-corrected chi connectivity index (χ3v) is 4.89. The second-order valence-electron chi connectivity index (χ2n) is 6.92. The first-order valence-electron chi connectivity index (χ1n) is 8.98. The molecule has 0 saturated heterocycles. The number of aliphatic hydroxyl groups excluding tert-OH is 1. The van der Waals surface area contributed by atoms with Gasteiger partial charge in [-0.05, 0) is 56.9 Å². The number of hydrogen-bond acceptors (Lipinski definition) is 4. The molecule has 1 aliphatic heterocycles. The lowest BCUT2D eigenvalue weighted by molar-refractivity contribution is -0.175. The van der Waals surface area contributed by atoms with Gasteiger partial charge in [0.25, 0.3) is 5.91 Å². The minimum Gasteiger partial charge on any atom is -0.459 e. The molecule has 23 heavy (non-hydrogen) atoms. The van der Waals surface area contributed by atoms with Gasteiger partial charge >= 0.3 is 0 Å². The summed E-state index contributed by atoms with van der Waals surface area (Å²) in [5.74, 6) is 1.05. The lowest BCUT2D eigenvalue weighted by Crippen LogP contribution is -2.44. The summed E-state index contributed by atoms with van der Waals surface area (Å²) in [6.45, 7) is 6.95. The van der Waals surface area contributed by atoms with Crippen LogP contribution in [-0.2, 0) is 14.3 Å². The average Bonchev–Trinajstić information content (AvgIpc) is 2.48. The fraction of sp³-hybridized carbons (Fsp3) is 0.833. The number of carbonyl (C=O) groups is 1. The number of ether oxygens (including phenoxy) is 2. The topological polar surface area (TPSA) is 67.8 Å². The van der Waals surface area contributed by atoms with Crippen molar-refractivity contribution in [3.8, 4) is 0 Å². The zero-order valence-electron chi connectivity index (χ0n) is 14.6. The van der Waals surface area contributed by atoms with Gasteiger partial charge < -0.3 is 19.9 Å². The van der Waals surface area contributed by atoms with Gasteiger partial charge in [-0.25, -0.2) is 0 Å². The number of hydrogen-bond donors (Lipinski definition) is 2. The van der Waals surface area contributed by atoms with E-state index in [9.17, 15) is 4.79 Å². The molecule has 0 aromatic carbocycles. The van der Waals surface area contributed by atoms with Crippen molar-refractivity contribution in [3.05, 3.63) is 11.8 Å². The van der Waals surface area contributed by atoms with Gasteiger partial charge in [0.2, 0.25) is 6.29 Å². The minimum absolute atomic E-state index is 0.120. The molecule has 0 radical (unpaired) electrons. The molecule has 5 heteroatoms. The third kappa shape index (κ3) is 4.70. The van der Waals surface area contributed by atoms with Gasteiger partial charge in [0.05, 0.1) is 0 Å². The molecule has 0 aromatic heterocycles. The summed E-state index contributed by atoms with van der Waals surface area (Å²) < 4.78 is 11.7. The van der Waals surface area contributed by atoms with Crippen molar-refractivity contribution in [1.82, 2.24) is 5.32 Å². The van der Waals surface area contributed by atoms with Crippen molar-refractivity contribution in [2.45, 2.75) is 65.2 Å². The lowest BCUT2D eigenvalue weighted by Gasteiger charge is -2.39. The van der Waals surface area contributed by atoms with E-state index < -0.39 is 6.29 Å². The average molecular weight is 325 g/mol. The molecule has 0 bridgehead atoms. The van der Waals surface area contributed by atoms with E-state index in [2.05, 4.69) is 19.2 Å². The molecule has 1 fully saturated rings. The zero-order chi connectivity index (χ0) is 16.8. The maximum absolute atomic E-state index is 12.4. The maximum atomic E-state index is 12.4. The number of rotatable bonds is 8. The first-order valence-corrected chi connectivity index (χ1v) is 8.98. The van der Waals surface area contributed by atoms with E-state index in [4.69, 9.17) is 14.6 Å². The molecule has 0 unspecified atom stereocenters. The Morgan fingerprint density at radius 3 is 2.74 bits per heavy atom. The highest BCUT2D eigenvalue weighted by Gasteiger charge is 2.38. The van der Waals surface area contributed by atoms with Crippen molar-refractivity contribution in [2.24, 2.45) is 17.8 Å².